The number of carbonyl (C=O) groups excluding carboxylic acids is 1. The number of amides is 1. The van der Waals surface area contributed by atoms with Gasteiger partial charge in [0.05, 0.1) is 5.02 Å². The molecule has 0 unspecified atom stereocenters. The second-order valence-electron chi connectivity index (χ2n) is 6.99. The van der Waals surface area contributed by atoms with Crippen molar-refractivity contribution in [2.75, 3.05) is 32.9 Å². The average Bonchev–Trinajstić information content (AvgIpc) is 2.65. The summed E-state index contributed by atoms with van der Waals surface area (Å²) >= 11 is 6.07. The molecule has 1 amide bonds. The van der Waals surface area contributed by atoms with E-state index in [1.165, 1.54) is 12.8 Å². The summed E-state index contributed by atoms with van der Waals surface area (Å²) in [5.41, 5.74) is 8.08. The Balaban J connectivity index is 1.76. The van der Waals surface area contributed by atoms with Crippen molar-refractivity contribution in [3.05, 3.63) is 47.1 Å². The Morgan fingerprint density at radius 2 is 2.15 bits per heavy atom. The van der Waals surface area contributed by atoms with Gasteiger partial charge in [-0.2, -0.15) is 0 Å². The van der Waals surface area contributed by atoms with Gasteiger partial charge in [0.25, 0.3) is 5.91 Å². The number of anilines is 1. The lowest BCUT2D eigenvalue weighted by molar-refractivity contribution is 0.0717. The number of hydrogen-bond donors (Lipinski definition) is 1. The van der Waals surface area contributed by atoms with E-state index in [9.17, 15) is 4.79 Å². The maximum Gasteiger partial charge on any atom is 0.253 e. The first kappa shape index (κ1) is 18.7. The van der Waals surface area contributed by atoms with Crippen molar-refractivity contribution in [2.24, 2.45) is 0 Å². The Kier molecular flexibility index (Phi) is 5.79. The molecule has 1 fully saturated rings. The van der Waals surface area contributed by atoms with Gasteiger partial charge in [-0.15, -0.1) is 0 Å². The van der Waals surface area contributed by atoms with Gasteiger partial charge in [0.15, 0.2) is 0 Å². The summed E-state index contributed by atoms with van der Waals surface area (Å²) in [6.45, 7) is 1.85. The normalized spacial score (nSPS) is 17.9. The molecule has 1 atom stereocenters. The van der Waals surface area contributed by atoms with Crippen LogP contribution in [-0.2, 0) is 0 Å². The van der Waals surface area contributed by atoms with Crippen LogP contribution in [0, 0.1) is 0 Å². The highest BCUT2D eigenvalue weighted by atomic mass is 35.5. The smallest absolute Gasteiger partial charge is 0.253 e. The largest absolute Gasteiger partial charge is 0.382 e. The fourth-order valence-electron chi connectivity index (χ4n) is 3.43. The summed E-state index contributed by atoms with van der Waals surface area (Å²) in [6.07, 6.45) is 5.29. The molecule has 138 valence electrons. The molecule has 0 aliphatic carbocycles. The quantitative estimate of drug-likeness (QED) is 0.891. The van der Waals surface area contributed by atoms with Crippen LogP contribution in [0.25, 0.3) is 11.1 Å². The van der Waals surface area contributed by atoms with Crippen molar-refractivity contribution in [3.8, 4) is 11.1 Å². The zero-order valence-corrected chi connectivity index (χ0v) is 16.0. The molecule has 1 aliphatic heterocycles. The van der Waals surface area contributed by atoms with E-state index in [2.05, 4.69) is 16.9 Å². The van der Waals surface area contributed by atoms with Gasteiger partial charge in [-0.25, -0.2) is 4.98 Å². The third kappa shape index (κ3) is 4.17. The lowest BCUT2D eigenvalue weighted by Crippen LogP contribution is -2.45. The lowest BCUT2D eigenvalue weighted by atomic mass is 10.0. The molecule has 5 nitrogen and oxygen atoms in total. The van der Waals surface area contributed by atoms with E-state index in [1.807, 2.05) is 36.2 Å². The van der Waals surface area contributed by atoms with E-state index in [1.54, 1.807) is 12.3 Å². The van der Waals surface area contributed by atoms with Gasteiger partial charge in [-0.05, 0) is 50.2 Å². The number of likely N-dealkylation sites (N-methyl/N-ethyl adjacent to an activating group) is 2. The van der Waals surface area contributed by atoms with Crippen LogP contribution in [0.4, 0.5) is 5.82 Å². The van der Waals surface area contributed by atoms with Crippen LogP contribution in [0.1, 0.15) is 29.6 Å². The van der Waals surface area contributed by atoms with Crippen molar-refractivity contribution in [1.29, 1.82) is 0 Å². The first-order chi connectivity index (χ1) is 12.5. The average molecular weight is 373 g/mol. The number of rotatable bonds is 4. The van der Waals surface area contributed by atoms with Crippen LogP contribution in [-0.4, -0.2) is 53.9 Å². The molecular formula is C20H25ClN4O. The topological polar surface area (TPSA) is 62.5 Å². The Bertz CT molecular complexity index is 795. The summed E-state index contributed by atoms with van der Waals surface area (Å²) < 4.78 is 0. The van der Waals surface area contributed by atoms with Crippen LogP contribution in [0.5, 0.6) is 0 Å². The van der Waals surface area contributed by atoms with Gasteiger partial charge in [-0.3, -0.25) is 4.79 Å². The minimum Gasteiger partial charge on any atom is -0.382 e. The third-order valence-electron chi connectivity index (χ3n) is 5.07. The first-order valence-corrected chi connectivity index (χ1v) is 9.30. The second kappa shape index (κ2) is 8.06. The molecule has 1 aliphatic rings. The number of halogens is 1. The Labute approximate surface area is 159 Å². The van der Waals surface area contributed by atoms with E-state index in [0.29, 0.717) is 22.4 Å². The number of piperidine rings is 1. The van der Waals surface area contributed by atoms with Crippen LogP contribution in [0.2, 0.25) is 5.02 Å². The Hall–Kier alpha value is -2.11. The molecule has 3 rings (SSSR count). The van der Waals surface area contributed by atoms with Gasteiger partial charge in [0.1, 0.15) is 5.82 Å². The second-order valence-corrected chi connectivity index (χ2v) is 7.39. The monoisotopic (exact) mass is 372 g/mol. The Morgan fingerprint density at radius 1 is 1.35 bits per heavy atom. The molecule has 2 N–H and O–H groups in total. The fourth-order valence-corrected chi connectivity index (χ4v) is 3.60. The zero-order chi connectivity index (χ0) is 18.7. The van der Waals surface area contributed by atoms with Crippen LogP contribution < -0.4 is 5.73 Å². The predicted molar refractivity (Wildman–Crippen MR) is 106 cm³/mol. The Morgan fingerprint density at radius 3 is 2.88 bits per heavy atom. The molecule has 26 heavy (non-hydrogen) atoms. The van der Waals surface area contributed by atoms with Gasteiger partial charge >= 0.3 is 0 Å². The number of nitrogen functional groups attached to an aromatic ring is 1. The zero-order valence-electron chi connectivity index (χ0n) is 15.3. The number of pyridine rings is 1. The number of benzene rings is 1. The molecule has 0 saturated carbocycles. The minimum atomic E-state index is 0.0281. The number of hydrogen-bond acceptors (Lipinski definition) is 4. The molecule has 0 radical (unpaired) electrons. The maximum atomic E-state index is 12.9. The number of aromatic nitrogens is 1. The predicted octanol–water partition coefficient (Wildman–Crippen LogP) is 3.54. The molecule has 0 spiro atoms. The molecule has 0 bridgehead atoms. The van der Waals surface area contributed by atoms with Crippen molar-refractivity contribution in [1.82, 2.24) is 14.8 Å². The highest BCUT2D eigenvalue weighted by molar-refractivity contribution is 6.33. The van der Waals surface area contributed by atoms with Crippen molar-refractivity contribution in [2.45, 2.75) is 25.3 Å². The number of nitrogens with two attached hydrogens (primary N) is 1. The number of likely N-dealkylation sites (tertiary alicyclic amines) is 1. The molecule has 1 saturated heterocycles. The van der Waals surface area contributed by atoms with Crippen LogP contribution >= 0.6 is 11.6 Å². The minimum absolute atomic E-state index is 0.0281. The summed E-state index contributed by atoms with van der Waals surface area (Å²) in [7, 11) is 4.01. The van der Waals surface area contributed by atoms with E-state index >= 15 is 0 Å². The van der Waals surface area contributed by atoms with Crippen LogP contribution in [0.3, 0.4) is 0 Å². The molecule has 2 aromatic rings. The molecule has 1 aromatic heterocycles. The molecule has 2 heterocycles. The molecule has 1 aromatic carbocycles. The standard InChI is InChI=1S/C20H25ClN4O/c1-24-9-4-3-8-17(24)13-25(2)20(26)15-7-5-6-14(10-15)16-11-18(21)19(22)23-12-16/h5-7,10-12,17H,3-4,8-9,13H2,1-2H3,(H2,22,23)/t17-/m0/s1. The molecular weight excluding hydrogens is 348 g/mol. The molecule has 6 heteroatoms. The van der Waals surface area contributed by atoms with Crippen molar-refractivity contribution in [3.63, 3.8) is 0 Å². The number of carbonyl (C=O) groups is 1. The lowest BCUT2D eigenvalue weighted by Gasteiger charge is -2.35. The van der Waals surface area contributed by atoms with Crippen molar-refractivity contribution >= 4 is 23.3 Å². The number of nitrogens with zero attached hydrogens (tertiary/aromatic N) is 3. The highest BCUT2D eigenvalue weighted by Crippen LogP contribution is 2.26. The van der Waals surface area contributed by atoms with Gasteiger partial charge < -0.3 is 15.5 Å². The van der Waals surface area contributed by atoms with E-state index in [0.717, 1.165) is 30.6 Å². The van der Waals surface area contributed by atoms with E-state index in [-0.39, 0.29) is 5.91 Å². The van der Waals surface area contributed by atoms with E-state index < -0.39 is 0 Å². The summed E-state index contributed by atoms with van der Waals surface area (Å²) in [5.74, 6) is 0.333. The summed E-state index contributed by atoms with van der Waals surface area (Å²) in [4.78, 5) is 21.1. The van der Waals surface area contributed by atoms with E-state index in [4.69, 9.17) is 17.3 Å². The third-order valence-corrected chi connectivity index (χ3v) is 5.37. The SMILES string of the molecule is CN(C[C@@H]1CCCCN1C)C(=O)c1cccc(-c2cnc(N)c(Cl)c2)c1. The van der Waals surface area contributed by atoms with Gasteiger partial charge in [-0.1, -0.05) is 30.2 Å². The highest BCUT2D eigenvalue weighted by Gasteiger charge is 2.23. The van der Waals surface area contributed by atoms with Gasteiger partial charge in [0.2, 0.25) is 0 Å². The van der Waals surface area contributed by atoms with Crippen LogP contribution in [0.15, 0.2) is 36.5 Å². The summed E-state index contributed by atoms with van der Waals surface area (Å²) in [5, 5.41) is 0.414. The van der Waals surface area contributed by atoms with Gasteiger partial charge in [0, 0.05) is 37.0 Å². The first-order valence-electron chi connectivity index (χ1n) is 8.93. The summed E-state index contributed by atoms with van der Waals surface area (Å²) in [6, 6.07) is 9.75. The van der Waals surface area contributed by atoms with Crippen molar-refractivity contribution < 1.29 is 4.79 Å². The fraction of sp³-hybridized carbons (Fsp3) is 0.400. The maximum absolute atomic E-state index is 12.9.